The van der Waals surface area contributed by atoms with Gasteiger partial charge >= 0.3 is 23.9 Å². The summed E-state index contributed by atoms with van der Waals surface area (Å²) >= 11 is 11.4. The average molecular weight is 1390 g/mol. The van der Waals surface area contributed by atoms with Crippen LogP contribution in [0.4, 0.5) is 11.4 Å². The van der Waals surface area contributed by atoms with Gasteiger partial charge in [-0.1, -0.05) is 12.1 Å². The molecule has 31 heteroatoms. The van der Waals surface area contributed by atoms with E-state index in [1.54, 1.807) is 63.2 Å². The number of hydrogen-bond acceptors (Lipinski definition) is 20. The Kier molecular flexibility index (Phi) is 40.2. The van der Waals surface area contributed by atoms with Crippen molar-refractivity contribution in [3.8, 4) is 0 Å². The molecule has 11 N–H and O–H groups in total. The Balaban J connectivity index is 0.0000247. The van der Waals surface area contributed by atoms with E-state index >= 15 is 0 Å². The van der Waals surface area contributed by atoms with E-state index < -0.39 is 59.7 Å². The number of carboxylic acids is 4. The van der Waals surface area contributed by atoms with Gasteiger partial charge in [0.25, 0.3) is 5.91 Å². The van der Waals surface area contributed by atoms with Crippen molar-refractivity contribution in [1.29, 1.82) is 0 Å². The number of ether oxygens (including phenoxy) is 3. The molecule has 1 saturated heterocycles. The number of carbonyl (C=O) groups excluding carboxylic acids is 5. The number of Topliss-reactive ketones (excluding diaryl/α,β-unsaturated/α-hetero) is 1. The Morgan fingerprint density at radius 1 is 0.718 bits per heavy atom. The SMILES string of the molecule is CSCC[C@H](NC(=O)c1cccc(CNC(=O)COCCOCCOCCNC(=O)CC2CN(CC(=O)O)CCN(CC(=O)O)CCN(CC(=O)O)CCN2)c1)C(=O)CCC(=O)N[C@@H](CCCCNC(=S)Nc1ccc(N=C=S)cc1)C(=O)O.[Gd]. The number of thiocarbonyl (C=S) groups is 2. The minimum atomic E-state index is -1.20. The maximum atomic E-state index is 13.4. The zero-order valence-electron chi connectivity index (χ0n) is 47.5. The number of nitrogens with zero attached hydrogens (tertiary/aromatic N) is 4. The molecule has 1 heterocycles. The Hall–Kier alpha value is -5.25. The molecule has 0 aliphatic carbocycles. The molecule has 3 atom stereocenters. The van der Waals surface area contributed by atoms with Crippen LogP contribution in [0.1, 0.15) is 60.9 Å². The maximum Gasteiger partial charge on any atom is 0.326 e. The number of thioether (sulfide) groups is 1. The molecule has 1 unspecified atom stereocenters. The number of nitrogens with one attached hydrogen (secondary N) is 7. The molecule has 2 aromatic carbocycles. The predicted octanol–water partition coefficient (Wildman–Crippen LogP) is 0.652. The second kappa shape index (κ2) is 45.1. The third-order valence-electron chi connectivity index (χ3n) is 12.6. The molecule has 0 aromatic heterocycles. The number of aliphatic imine (C=N–C) groups is 1. The van der Waals surface area contributed by atoms with Crippen LogP contribution in [-0.4, -0.2) is 247 Å². The van der Waals surface area contributed by atoms with Gasteiger partial charge < -0.3 is 71.9 Å². The van der Waals surface area contributed by atoms with Gasteiger partial charge in [0.2, 0.25) is 17.7 Å². The van der Waals surface area contributed by atoms with E-state index in [2.05, 4.69) is 59.6 Å². The maximum absolute atomic E-state index is 13.4. The largest absolute Gasteiger partial charge is 0.480 e. The first-order valence-corrected chi connectivity index (χ1v) is 29.5. The molecule has 3 rings (SSSR count). The van der Waals surface area contributed by atoms with Crippen LogP contribution >= 0.6 is 36.2 Å². The van der Waals surface area contributed by atoms with Crippen LogP contribution in [0, 0.1) is 39.9 Å². The van der Waals surface area contributed by atoms with Gasteiger partial charge in [-0.25, -0.2) is 4.79 Å². The van der Waals surface area contributed by atoms with Gasteiger partial charge in [-0.3, -0.25) is 53.1 Å². The third-order valence-corrected chi connectivity index (χ3v) is 13.6. The fourth-order valence-corrected chi connectivity index (χ4v) is 9.14. The molecule has 0 spiro atoms. The number of hydrogen-bond donors (Lipinski definition) is 11. The van der Waals surface area contributed by atoms with Crippen molar-refractivity contribution in [2.45, 2.75) is 69.6 Å². The summed E-state index contributed by atoms with van der Waals surface area (Å²) < 4.78 is 16.5. The van der Waals surface area contributed by atoms with Crippen LogP contribution in [0.25, 0.3) is 0 Å². The first kappa shape index (κ1) is 75.9. The normalized spacial score (nSPS) is 14.9. The van der Waals surface area contributed by atoms with E-state index in [4.69, 9.17) is 26.4 Å². The summed E-state index contributed by atoms with van der Waals surface area (Å²) in [4.78, 5) is 120. The van der Waals surface area contributed by atoms with Crippen LogP contribution in [0.5, 0.6) is 0 Å². The van der Waals surface area contributed by atoms with Gasteiger partial charge in [-0.15, -0.1) is 0 Å². The minimum absolute atomic E-state index is 0. The van der Waals surface area contributed by atoms with Crippen molar-refractivity contribution in [2.75, 3.05) is 136 Å². The van der Waals surface area contributed by atoms with Crippen molar-refractivity contribution >= 4 is 111 Å². The van der Waals surface area contributed by atoms with E-state index in [0.717, 1.165) is 5.69 Å². The molecule has 0 saturated carbocycles. The van der Waals surface area contributed by atoms with Gasteiger partial charge in [0.15, 0.2) is 10.9 Å². The zero-order valence-corrected chi connectivity index (χ0v) is 52.2. The summed E-state index contributed by atoms with van der Waals surface area (Å²) in [6, 6.07) is 11.0. The monoisotopic (exact) mass is 1390 g/mol. The Morgan fingerprint density at radius 2 is 1.35 bits per heavy atom. The topological polar surface area (TPSA) is 369 Å². The van der Waals surface area contributed by atoms with Crippen LogP contribution in [-0.2, 0) is 59.1 Å². The smallest absolute Gasteiger partial charge is 0.326 e. The van der Waals surface area contributed by atoms with E-state index in [9.17, 15) is 63.6 Å². The number of ketones is 1. The van der Waals surface area contributed by atoms with E-state index in [1.807, 2.05) is 6.26 Å². The molecule has 1 fully saturated rings. The van der Waals surface area contributed by atoms with Crippen molar-refractivity contribution in [1.82, 2.24) is 46.6 Å². The van der Waals surface area contributed by atoms with Gasteiger partial charge in [0, 0.05) is 142 Å². The Bertz CT molecular complexity index is 2500. The second-order valence-corrected chi connectivity index (χ2v) is 20.9. The molecule has 85 heavy (non-hydrogen) atoms. The summed E-state index contributed by atoms with van der Waals surface area (Å²) in [5.74, 6) is -6.08. The first-order chi connectivity index (χ1) is 40.3. The van der Waals surface area contributed by atoms with Crippen molar-refractivity contribution in [3.63, 3.8) is 0 Å². The summed E-state index contributed by atoms with van der Waals surface area (Å²) in [5.41, 5.74) is 2.25. The number of anilines is 1. The van der Waals surface area contributed by atoms with Gasteiger partial charge in [0.1, 0.15) is 12.6 Å². The average Bonchev–Trinajstić information content (AvgIpc) is 3.59. The Labute approximate surface area is 541 Å². The number of aliphatic carboxylic acids is 4. The van der Waals surface area contributed by atoms with Gasteiger partial charge in [0.05, 0.1) is 69.6 Å². The summed E-state index contributed by atoms with van der Waals surface area (Å²) in [7, 11) is 0. The van der Waals surface area contributed by atoms with Gasteiger partial charge in [-0.05, 0) is 104 Å². The van der Waals surface area contributed by atoms with Crippen LogP contribution in [0.15, 0.2) is 53.5 Å². The van der Waals surface area contributed by atoms with Crippen LogP contribution in [0.3, 0.4) is 0 Å². The first-order valence-electron chi connectivity index (χ1n) is 27.3. The van der Waals surface area contributed by atoms with Crippen LogP contribution in [0.2, 0.25) is 0 Å². The number of rotatable bonds is 39. The minimum Gasteiger partial charge on any atom is -0.480 e. The third kappa shape index (κ3) is 35.9. The molecular weight excluding hydrogens is 1310 g/mol. The molecule has 1 aliphatic heterocycles. The molecule has 2 aromatic rings. The summed E-state index contributed by atoms with van der Waals surface area (Å²) in [5, 5.41) is 60.9. The molecule has 472 valence electrons. The summed E-state index contributed by atoms with van der Waals surface area (Å²) in [6.07, 6.45) is 2.84. The molecule has 1 aliphatic rings. The molecule has 4 amide bonds. The number of carbonyl (C=O) groups is 9. The standard InChI is InChI=1S/C54H79N11O16S3.Gd/c1-84-28-14-43(45(66)12-13-46(67)61-44(53(77)78)7-2-3-15-57-54(83)60-41-10-8-40(9-11-41)59-37-82)62-52(76)39-6-4-5-38(29-39)31-58-48(69)36-81-27-26-80-25-24-79-23-17-56-47(68)30-42-32-65(35-51(74)75)22-21-64(34-50(72)73)20-19-63(18-16-55-42)33-49(70)71;/h4-6,8-11,29,42-44,55H,2-3,7,12-28,30-36H2,1H3,(H,56,68)(H,58,69)(H,61,67)(H,62,76)(H,70,71)(H,72,73)(H,74,75)(H,77,78)(H2,57,60,83);/t42?,43-,44-;/m0./s1. The summed E-state index contributed by atoms with van der Waals surface area (Å²) in [6.45, 7) is 2.26. The fraction of sp³-hybridized carbons (Fsp3) is 0.574. The van der Waals surface area contributed by atoms with E-state index in [-0.39, 0.29) is 188 Å². The van der Waals surface area contributed by atoms with Crippen molar-refractivity contribution in [3.05, 3.63) is 59.7 Å². The number of amides is 4. The predicted molar refractivity (Wildman–Crippen MR) is 320 cm³/mol. The van der Waals surface area contributed by atoms with E-state index in [0.29, 0.717) is 61.0 Å². The number of benzene rings is 2. The number of carboxylic acid groups (broad SMARTS) is 4. The quantitative estimate of drug-likeness (QED) is 0.0249. The number of unbranched alkanes of at least 4 members (excludes halogenated alkanes) is 1. The molecule has 0 radical (unpaired) electrons. The van der Waals surface area contributed by atoms with Crippen molar-refractivity contribution in [2.24, 2.45) is 4.99 Å². The molecular formula is C54H79GdN11O16S3. The fourth-order valence-electron chi connectivity index (χ4n) is 8.34. The van der Waals surface area contributed by atoms with Crippen LogP contribution < -0.4 is 37.2 Å². The zero-order chi connectivity index (χ0) is 61.5. The Morgan fingerprint density at radius 3 is 2.00 bits per heavy atom. The number of isothiocyanates is 1. The molecule has 0 bridgehead atoms. The second-order valence-electron chi connectivity index (χ2n) is 19.3. The van der Waals surface area contributed by atoms with E-state index in [1.165, 1.54) is 11.8 Å². The van der Waals surface area contributed by atoms with Crippen molar-refractivity contribution < 1.29 is 118 Å². The van der Waals surface area contributed by atoms with Gasteiger partial charge in [-0.2, -0.15) is 16.8 Å². The molecule has 27 nitrogen and oxygen atoms in total.